The van der Waals surface area contributed by atoms with Crippen LogP contribution in [0.3, 0.4) is 0 Å². The topological polar surface area (TPSA) is 68.2 Å². The van der Waals surface area contributed by atoms with Gasteiger partial charge >= 0.3 is 5.97 Å². The van der Waals surface area contributed by atoms with Crippen LogP contribution in [0, 0.1) is 0 Å². The van der Waals surface area contributed by atoms with Crippen LogP contribution in [-0.2, 0) is 19.0 Å². The van der Waals surface area contributed by atoms with E-state index < -0.39 is 5.97 Å². The van der Waals surface area contributed by atoms with E-state index in [-0.39, 0.29) is 6.42 Å². The van der Waals surface area contributed by atoms with Gasteiger partial charge in [-0.15, -0.1) is 0 Å². The Labute approximate surface area is 128 Å². The molecule has 0 bridgehead atoms. The predicted molar refractivity (Wildman–Crippen MR) is 81.7 cm³/mol. The van der Waals surface area contributed by atoms with E-state index in [0.29, 0.717) is 39.6 Å². The minimum Gasteiger partial charge on any atom is -0.481 e. The minimum absolute atomic E-state index is 0.176. The van der Waals surface area contributed by atoms with Crippen molar-refractivity contribution in [1.82, 2.24) is 4.90 Å². The van der Waals surface area contributed by atoms with Gasteiger partial charge in [-0.25, -0.2) is 0 Å². The van der Waals surface area contributed by atoms with E-state index in [1.54, 1.807) is 0 Å². The molecular formula is C15H31NO5. The highest BCUT2D eigenvalue weighted by atomic mass is 16.5. The summed E-state index contributed by atoms with van der Waals surface area (Å²) in [5, 5.41) is 8.63. The quantitative estimate of drug-likeness (QED) is 0.437. The first-order chi connectivity index (χ1) is 10.2. The first-order valence-corrected chi connectivity index (χ1v) is 7.88. The monoisotopic (exact) mass is 305 g/mol. The van der Waals surface area contributed by atoms with Crippen molar-refractivity contribution < 1.29 is 24.1 Å². The Morgan fingerprint density at radius 1 is 0.905 bits per heavy atom. The van der Waals surface area contributed by atoms with Crippen molar-refractivity contribution in [2.45, 2.75) is 33.1 Å². The standard InChI is InChI=1S/C15H31NO5/c1-3-5-9-19-11-13-21-14-12-20-10-8-16(4-2)7-6-15(17)18/h3-14H2,1-2H3,(H,17,18). The number of hydrogen-bond acceptors (Lipinski definition) is 5. The molecule has 0 aromatic rings. The number of carboxylic acids is 1. The van der Waals surface area contributed by atoms with Crippen molar-refractivity contribution in [3.05, 3.63) is 0 Å². The van der Waals surface area contributed by atoms with Crippen LogP contribution in [0.1, 0.15) is 33.1 Å². The molecule has 0 saturated heterocycles. The molecule has 0 amide bonds. The molecule has 0 aliphatic rings. The number of hydrogen-bond donors (Lipinski definition) is 1. The molecule has 0 fully saturated rings. The third-order valence-corrected chi connectivity index (χ3v) is 3.03. The maximum atomic E-state index is 10.5. The van der Waals surface area contributed by atoms with Crippen molar-refractivity contribution in [3.63, 3.8) is 0 Å². The van der Waals surface area contributed by atoms with E-state index in [4.69, 9.17) is 19.3 Å². The summed E-state index contributed by atoms with van der Waals surface area (Å²) in [6.45, 7) is 10.1. The van der Waals surface area contributed by atoms with E-state index >= 15 is 0 Å². The Morgan fingerprint density at radius 2 is 1.48 bits per heavy atom. The lowest BCUT2D eigenvalue weighted by Gasteiger charge is -2.19. The van der Waals surface area contributed by atoms with Crippen molar-refractivity contribution in [1.29, 1.82) is 0 Å². The van der Waals surface area contributed by atoms with Gasteiger partial charge in [0.15, 0.2) is 0 Å². The normalized spacial score (nSPS) is 11.2. The van der Waals surface area contributed by atoms with Gasteiger partial charge in [0, 0.05) is 19.7 Å². The molecule has 0 radical (unpaired) electrons. The van der Waals surface area contributed by atoms with E-state index in [1.165, 1.54) is 0 Å². The third kappa shape index (κ3) is 15.5. The summed E-state index contributed by atoms with van der Waals surface area (Å²) in [5.74, 6) is -0.760. The SMILES string of the molecule is CCCCOCCOCCOCCN(CC)CCC(=O)O. The number of unbranched alkanes of at least 4 members (excludes halogenated alkanes) is 1. The van der Waals surface area contributed by atoms with Crippen molar-refractivity contribution in [3.8, 4) is 0 Å². The molecular weight excluding hydrogens is 274 g/mol. The number of nitrogens with zero attached hydrogens (tertiary/aromatic N) is 1. The van der Waals surface area contributed by atoms with Crippen molar-refractivity contribution in [2.75, 3.05) is 59.3 Å². The number of carbonyl (C=O) groups is 1. The lowest BCUT2D eigenvalue weighted by molar-refractivity contribution is -0.137. The fraction of sp³-hybridized carbons (Fsp3) is 0.933. The molecule has 21 heavy (non-hydrogen) atoms. The molecule has 0 rings (SSSR count). The number of carboxylic acid groups (broad SMARTS) is 1. The summed E-state index contributed by atoms with van der Waals surface area (Å²) in [7, 11) is 0. The summed E-state index contributed by atoms with van der Waals surface area (Å²) in [4.78, 5) is 12.6. The number of likely N-dealkylation sites (N-methyl/N-ethyl adjacent to an activating group) is 1. The molecule has 0 spiro atoms. The van der Waals surface area contributed by atoms with Crippen molar-refractivity contribution in [2.24, 2.45) is 0 Å². The summed E-state index contributed by atoms with van der Waals surface area (Å²) < 4.78 is 16.2. The third-order valence-electron chi connectivity index (χ3n) is 3.03. The van der Waals surface area contributed by atoms with E-state index in [1.807, 2.05) is 6.92 Å². The average molecular weight is 305 g/mol. The second-order valence-electron chi connectivity index (χ2n) is 4.77. The molecule has 0 aliphatic heterocycles. The number of rotatable bonds is 16. The predicted octanol–water partition coefficient (Wildman–Crippen LogP) is 1.63. The van der Waals surface area contributed by atoms with Gasteiger partial charge in [-0.3, -0.25) is 4.79 Å². The van der Waals surface area contributed by atoms with Gasteiger partial charge in [0.05, 0.1) is 39.5 Å². The van der Waals surface area contributed by atoms with Gasteiger partial charge in [-0.05, 0) is 13.0 Å². The van der Waals surface area contributed by atoms with E-state index in [2.05, 4.69) is 11.8 Å². The number of ether oxygens (including phenoxy) is 3. The average Bonchev–Trinajstić information content (AvgIpc) is 2.47. The molecule has 0 heterocycles. The number of aliphatic carboxylic acids is 1. The molecule has 0 unspecified atom stereocenters. The Hall–Kier alpha value is -0.690. The molecule has 0 saturated carbocycles. The van der Waals surface area contributed by atoms with Gasteiger partial charge in [0.25, 0.3) is 0 Å². The molecule has 6 nitrogen and oxygen atoms in total. The van der Waals surface area contributed by atoms with Crippen LogP contribution >= 0.6 is 0 Å². The molecule has 1 N–H and O–H groups in total. The van der Waals surface area contributed by atoms with Gasteiger partial charge < -0.3 is 24.2 Å². The fourth-order valence-electron chi connectivity index (χ4n) is 1.66. The lowest BCUT2D eigenvalue weighted by atomic mass is 10.4. The zero-order valence-electron chi connectivity index (χ0n) is 13.5. The van der Waals surface area contributed by atoms with Crippen LogP contribution in [-0.4, -0.2) is 75.3 Å². The van der Waals surface area contributed by atoms with Gasteiger partial charge in [-0.1, -0.05) is 20.3 Å². The highest BCUT2D eigenvalue weighted by molar-refractivity contribution is 5.66. The van der Waals surface area contributed by atoms with Crippen molar-refractivity contribution >= 4 is 5.97 Å². The largest absolute Gasteiger partial charge is 0.481 e. The minimum atomic E-state index is -0.760. The van der Waals surface area contributed by atoms with E-state index in [9.17, 15) is 4.79 Å². The zero-order chi connectivity index (χ0) is 15.8. The molecule has 0 atom stereocenters. The highest BCUT2D eigenvalue weighted by Gasteiger charge is 2.04. The summed E-state index contributed by atoms with van der Waals surface area (Å²) in [5.41, 5.74) is 0. The Morgan fingerprint density at radius 3 is 2.00 bits per heavy atom. The maximum Gasteiger partial charge on any atom is 0.304 e. The van der Waals surface area contributed by atoms with Gasteiger partial charge in [0.1, 0.15) is 0 Å². The Kier molecular flexibility index (Phi) is 15.2. The fourth-order valence-corrected chi connectivity index (χ4v) is 1.66. The second kappa shape index (κ2) is 15.7. The van der Waals surface area contributed by atoms with Crippen LogP contribution in [0.15, 0.2) is 0 Å². The van der Waals surface area contributed by atoms with Crippen LogP contribution in [0.2, 0.25) is 0 Å². The zero-order valence-corrected chi connectivity index (χ0v) is 13.5. The molecule has 0 aliphatic carbocycles. The lowest BCUT2D eigenvalue weighted by Crippen LogP contribution is -2.30. The first kappa shape index (κ1) is 20.3. The summed E-state index contributed by atoms with van der Waals surface area (Å²) in [6.07, 6.45) is 2.42. The molecule has 126 valence electrons. The maximum absolute atomic E-state index is 10.5. The second-order valence-corrected chi connectivity index (χ2v) is 4.77. The first-order valence-electron chi connectivity index (χ1n) is 7.88. The molecule has 0 aromatic carbocycles. The van der Waals surface area contributed by atoms with Gasteiger partial charge in [-0.2, -0.15) is 0 Å². The smallest absolute Gasteiger partial charge is 0.304 e. The van der Waals surface area contributed by atoms with E-state index in [0.717, 1.165) is 32.5 Å². The Balaban J connectivity index is 3.24. The summed E-state index contributed by atoms with van der Waals surface area (Å²) in [6, 6.07) is 0. The van der Waals surface area contributed by atoms with Crippen LogP contribution in [0.5, 0.6) is 0 Å². The summed E-state index contributed by atoms with van der Waals surface area (Å²) >= 11 is 0. The molecule has 0 aromatic heterocycles. The van der Waals surface area contributed by atoms with Gasteiger partial charge in [0.2, 0.25) is 0 Å². The van der Waals surface area contributed by atoms with Crippen LogP contribution in [0.25, 0.3) is 0 Å². The highest BCUT2D eigenvalue weighted by Crippen LogP contribution is 1.92. The Bertz CT molecular complexity index is 238. The molecule has 6 heteroatoms. The van der Waals surface area contributed by atoms with Crippen LogP contribution < -0.4 is 0 Å². The van der Waals surface area contributed by atoms with Crippen LogP contribution in [0.4, 0.5) is 0 Å².